The zero-order valence-electron chi connectivity index (χ0n) is 8.04. The molecule has 0 rings (SSSR count). The van der Waals surface area contributed by atoms with Gasteiger partial charge < -0.3 is 0 Å². The van der Waals surface area contributed by atoms with E-state index in [1.165, 1.54) is 0 Å². The summed E-state index contributed by atoms with van der Waals surface area (Å²) >= 11 is 12.4. The molecule has 0 bridgehead atoms. The van der Waals surface area contributed by atoms with E-state index in [1.807, 2.05) is 6.55 Å². The van der Waals surface area contributed by atoms with Crippen LogP contribution in [-0.4, -0.2) is 6.69 Å². The number of hydrogen-bond acceptors (Lipinski definition) is 0. The molecular formula is C8H18Cl2Si. The molecule has 11 heavy (non-hydrogen) atoms. The molecule has 0 aromatic heterocycles. The lowest BCUT2D eigenvalue weighted by Gasteiger charge is -2.37. The van der Waals surface area contributed by atoms with Gasteiger partial charge in [0.05, 0.1) is 0 Å². The zero-order chi connectivity index (χ0) is 9.28. The molecule has 0 aliphatic heterocycles. The first-order valence-electron chi connectivity index (χ1n) is 4.11. The predicted octanol–water partition coefficient (Wildman–Crippen LogP) is 4.36. The summed E-state index contributed by atoms with van der Waals surface area (Å²) in [5, 5.41) is 0.116. The van der Waals surface area contributed by atoms with E-state index in [9.17, 15) is 0 Å². The van der Waals surface area contributed by atoms with Crippen LogP contribution in [0.15, 0.2) is 0 Å². The van der Waals surface area contributed by atoms with Gasteiger partial charge in [0.15, 0.2) is 0 Å². The third-order valence-corrected chi connectivity index (χ3v) is 8.65. The van der Waals surface area contributed by atoms with E-state index in [4.69, 9.17) is 22.2 Å². The normalized spacial score (nSPS) is 16.6. The summed E-state index contributed by atoms with van der Waals surface area (Å²) < 4.78 is 0. The summed E-state index contributed by atoms with van der Waals surface area (Å²) in [6, 6.07) is 0. The van der Waals surface area contributed by atoms with E-state index in [-0.39, 0.29) is 5.04 Å². The molecule has 0 aliphatic rings. The molecule has 1 atom stereocenters. The van der Waals surface area contributed by atoms with Gasteiger partial charge in [0, 0.05) is 0 Å². The minimum Gasteiger partial charge on any atom is -0.146 e. The van der Waals surface area contributed by atoms with Crippen molar-refractivity contribution in [2.45, 2.75) is 45.7 Å². The standard InChI is InChI=1S/C8H18Cl2Si/c1-6-7(2)8(3,4)11(5,9)10/h7H,6H2,1-5H3. The number of hydrogen-bond donors (Lipinski definition) is 0. The summed E-state index contributed by atoms with van der Waals surface area (Å²) in [6.45, 7) is 8.72. The Labute approximate surface area is 80.7 Å². The summed E-state index contributed by atoms with van der Waals surface area (Å²) in [4.78, 5) is 0. The van der Waals surface area contributed by atoms with Gasteiger partial charge in [-0.2, -0.15) is 0 Å². The lowest BCUT2D eigenvalue weighted by atomic mass is 9.94. The van der Waals surface area contributed by atoms with Crippen molar-refractivity contribution >= 4 is 28.9 Å². The van der Waals surface area contributed by atoms with Crippen molar-refractivity contribution in [1.29, 1.82) is 0 Å². The van der Waals surface area contributed by atoms with Gasteiger partial charge in [-0.15, -0.1) is 22.2 Å². The highest BCUT2D eigenvalue weighted by Crippen LogP contribution is 2.49. The minimum atomic E-state index is -2.02. The summed E-state index contributed by atoms with van der Waals surface area (Å²) in [6.07, 6.45) is 1.15. The zero-order valence-corrected chi connectivity index (χ0v) is 10.6. The van der Waals surface area contributed by atoms with Crippen LogP contribution in [-0.2, 0) is 0 Å². The maximum Gasteiger partial charge on any atom is 0.254 e. The van der Waals surface area contributed by atoms with Crippen LogP contribution in [0.1, 0.15) is 34.1 Å². The molecule has 0 heterocycles. The van der Waals surface area contributed by atoms with E-state index in [1.54, 1.807) is 0 Å². The molecular weight excluding hydrogens is 195 g/mol. The van der Waals surface area contributed by atoms with Crippen molar-refractivity contribution in [3.63, 3.8) is 0 Å². The van der Waals surface area contributed by atoms with Gasteiger partial charge in [-0.3, -0.25) is 0 Å². The molecule has 0 radical (unpaired) electrons. The Morgan fingerprint density at radius 2 is 1.73 bits per heavy atom. The van der Waals surface area contributed by atoms with Crippen molar-refractivity contribution in [2.75, 3.05) is 0 Å². The smallest absolute Gasteiger partial charge is 0.146 e. The number of rotatable bonds is 3. The predicted molar refractivity (Wildman–Crippen MR) is 56.8 cm³/mol. The summed E-state index contributed by atoms with van der Waals surface area (Å²) in [5.74, 6) is 0.606. The van der Waals surface area contributed by atoms with E-state index in [0.717, 1.165) is 6.42 Å². The van der Waals surface area contributed by atoms with Crippen LogP contribution >= 0.6 is 22.2 Å². The molecule has 1 unspecified atom stereocenters. The molecule has 68 valence electrons. The monoisotopic (exact) mass is 212 g/mol. The van der Waals surface area contributed by atoms with Crippen LogP contribution in [0.5, 0.6) is 0 Å². The molecule has 0 N–H and O–H groups in total. The Morgan fingerprint density at radius 1 is 1.36 bits per heavy atom. The van der Waals surface area contributed by atoms with Crippen molar-refractivity contribution in [1.82, 2.24) is 0 Å². The first-order chi connectivity index (χ1) is 4.73. The fraction of sp³-hybridized carbons (Fsp3) is 1.00. The fourth-order valence-electron chi connectivity index (χ4n) is 0.943. The van der Waals surface area contributed by atoms with E-state index >= 15 is 0 Å². The average molecular weight is 213 g/mol. The average Bonchev–Trinajstić information content (AvgIpc) is 1.83. The molecule has 0 aromatic carbocycles. The van der Waals surface area contributed by atoms with Gasteiger partial charge >= 0.3 is 0 Å². The maximum atomic E-state index is 6.20. The van der Waals surface area contributed by atoms with Gasteiger partial charge in [0.25, 0.3) is 6.69 Å². The Bertz CT molecular complexity index is 127. The lowest BCUT2D eigenvalue weighted by molar-refractivity contribution is 0.419. The van der Waals surface area contributed by atoms with Gasteiger partial charge in [0.1, 0.15) is 0 Å². The molecule has 0 aromatic rings. The topological polar surface area (TPSA) is 0 Å². The summed E-state index contributed by atoms with van der Waals surface area (Å²) in [7, 11) is 0. The molecule has 0 nitrogen and oxygen atoms in total. The second-order valence-electron chi connectivity index (χ2n) is 3.92. The lowest BCUT2D eigenvalue weighted by Crippen LogP contribution is -2.35. The van der Waals surface area contributed by atoms with Gasteiger partial charge in [-0.1, -0.05) is 34.1 Å². The second kappa shape index (κ2) is 3.67. The summed E-state index contributed by atoms with van der Waals surface area (Å²) in [5.41, 5.74) is 0. The molecule has 0 fully saturated rings. The second-order valence-corrected chi connectivity index (χ2v) is 12.1. The Kier molecular flexibility index (Phi) is 3.94. The Balaban J connectivity index is 4.45. The molecule has 3 heteroatoms. The third kappa shape index (κ3) is 2.64. The van der Waals surface area contributed by atoms with Crippen LogP contribution in [0.25, 0.3) is 0 Å². The highest BCUT2D eigenvalue weighted by atomic mass is 35.7. The van der Waals surface area contributed by atoms with Crippen LogP contribution in [0.2, 0.25) is 11.6 Å². The first kappa shape index (κ1) is 11.8. The van der Waals surface area contributed by atoms with Gasteiger partial charge in [-0.25, -0.2) is 0 Å². The van der Waals surface area contributed by atoms with Crippen LogP contribution in [0, 0.1) is 5.92 Å². The number of halogens is 2. The molecule has 0 aliphatic carbocycles. The van der Waals surface area contributed by atoms with E-state index < -0.39 is 6.69 Å². The van der Waals surface area contributed by atoms with Crippen molar-refractivity contribution < 1.29 is 0 Å². The van der Waals surface area contributed by atoms with Gasteiger partial charge in [-0.05, 0) is 17.5 Å². The highest BCUT2D eigenvalue weighted by Gasteiger charge is 2.43. The fourth-order valence-corrected chi connectivity index (χ4v) is 3.13. The largest absolute Gasteiger partial charge is 0.254 e. The first-order valence-corrected chi connectivity index (χ1v) is 8.63. The van der Waals surface area contributed by atoms with Crippen LogP contribution in [0.4, 0.5) is 0 Å². The van der Waals surface area contributed by atoms with E-state index in [2.05, 4.69) is 27.7 Å². The molecule has 0 saturated carbocycles. The van der Waals surface area contributed by atoms with Crippen LogP contribution in [0.3, 0.4) is 0 Å². The highest BCUT2D eigenvalue weighted by molar-refractivity contribution is 7.46. The Hall–Kier alpha value is 0.797. The molecule has 0 spiro atoms. The van der Waals surface area contributed by atoms with E-state index in [0.29, 0.717) is 5.92 Å². The van der Waals surface area contributed by atoms with Crippen LogP contribution < -0.4 is 0 Å². The SMILES string of the molecule is CCC(C)C(C)(C)[Si](C)(Cl)Cl. The Morgan fingerprint density at radius 3 is 1.82 bits per heavy atom. The van der Waals surface area contributed by atoms with Crippen molar-refractivity contribution in [2.24, 2.45) is 5.92 Å². The quantitative estimate of drug-likeness (QED) is 0.482. The molecule has 0 amide bonds. The molecule has 0 saturated heterocycles. The third-order valence-electron chi connectivity index (χ3n) is 2.98. The minimum absolute atomic E-state index is 0.116. The van der Waals surface area contributed by atoms with Crippen molar-refractivity contribution in [3.8, 4) is 0 Å². The van der Waals surface area contributed by atoms with Crippen molar-refractivity contribution in [3.05, 3.63) is 0 Å². The van der Waals surface area contributed by atoms with Gasteiger partial charge in [0.2, 0.25) is 0 Å². The maximum absolute atomic E-state index is 6.20.